The average molecular weight is 591 g/mol. The number of aromatic amines is 1. The Morgan fingerprint density at radius 2 is 1.74 bits per heavy atom. The number of hydrogen-bond donors (Lipinski definition) is 2. The zero-order chi connectivity index (χ0) is 29.9. The number of nitrogens with one attached hydrogen (secondary N) is 2. The van der Waals surface area contributed by atoms with Gasteiger partial charge in [0, 0.05) is 49.4 Å². The topological polar surface area (TPSA) is 113 Å². The number of pyridine rings is 1. The van der Waals surface area contributed by atoms with Crippen LogP contribution in [0.2, 0.25) is 5.02 Å². The van der Waals surface area contributed by atoms with Gasteiger partial charge in [0.15, 0.2) is 5.65 Å². The van der Waals surface area contributed by atoms with Gasteiger partial charge in [-0.15, -0.1) is 5.10 Å². The summed E-state index contributed by atoms with van der Waals surface area (Å²) in [5.41, 5.74) is 3.75. The molecule has 2 aromatic carbocycles. The molecule has 1 saturated heterocycles. The van der Waals surface area contributed by atoms with Gasteiger partial charge in [0.25, 0.3) is 0 Å². The Labute approximate surface area is 250 Å². The fourth-order valence-corrected chi connectivity index (χ4v) is 5.26. The monoisotopic (exact) mass is 590 g/mol. The largest absolute Gasteiger partial charge is 0.479 e. The summed E-state index contributed by atoms with van der Waals surface area (Å²) < 4.78 is 11.1. The van der Waals surface area contributed by atoms with Crippen molar-refractivity contribution >= 4 is 40.3 Å². The van der Waals surface area contributed by atoms with Crippen molar-refractivity contribution in [1.29, 1.82) is 0 Å². The van der Waals surface area contributed by atoms with E-state index in [1.807, 2.05) is 48.7 Å². The molecule has 2 aromatic heterocycles. The number of alkyl carbamates (subject to hydrolysis) is 1. The smallest absolute Gasteiger partial charge is 0.408 e. The number of aromatic nitrogens is 3. The third-order valence-electron chi connectivity index (χ3n) is 7.06. The van der Waals surface area contributed by atoms with Crippen molar-refractivity contribution in [2.45, 2.75) is 38.8 Å². The van der Waals surface area contributed by atoms with Crippen LogP contribution in [-0.4, -0.2) is 77.0 Å². The highest BCUT2D eigenvalue weighted by Gasteiger charge is 2.32. The van der Waals surface area contributed by atoms with Crippen molar-refractivity contribution < 1.29 is 19.1 Å². The molecule has 0 aliphatic carbocycles. The maximum atomic E-state index is 13.8. The molecule has 2 amide bonds. The number of ether oxygens (including phenoxy) is 2. The van der Waals surface area contributed by atoms with Crippen molar-refractivity contribution in [3.8, 4) is 17.0 Å². The Morgan fingerprint density at radius 3 is 2.38 bits per heavy atom. The van der Waals surface area contributed by atoms with Crippen LogP contribution in [0.5, 0.6) is 5.88 Å². The minimum atomic E-state index is -0.797. The molecule has 2 N–H and O–H groups in total. The number of fused-ring (bicyclic) bond motifs is 1. The van der Waals surface area contributed by atoms with Gasteiger partial charge >= 0.3 is 6.09 Å². The molecule has 1 aliphatic rings. The van der Waals surface area contributed by atoms with Gasteiger partial charge in [0.05, 0.1) is 12.8 Å². The fourth-order valence-electron chi connectivity index (χ4n) is 5.13. The van der Waals surface area contributed by atoms with Gasteiger partial charge in [0.1, 0.15) is 17.0 Å². The summed E-state index contributed by atoms with van der Waals surface area (Å²) >= 11 is 6.06. The third-order valence-corrected chi connectivity index (χ3v) is 7.31. The predicted octanol–water partition coefficient (Wildman–Crippen LogP) is 5.07. The normalized spacial score (nSPS) is 14.5. The molecule has 11 heteroatoms. The predicted molar refractivity (Wildman–Crippen MR) is 163 cm³/mol. The van der Waals surface area contributed by atoms with Gasteiger partial charge in [-0.1, -0.05) is 54.1 Å². The van der Waals surface area contributed by atoms with Crippen LogP contribution in [0.4, 0.5) is 10.5 Å². The minimum Gasteiger partial charge on any atom is -0.479 e. The van der Waals surface area contributed by atoms with E-state index in [-0.39, 0.29) is 5.91 Å². The van der Waals surface area contributed by atoms with E-state index in [0.717, 1.165) is 27.8 Å². The van der Waals surface area contributed by atoms with Crippen molar-refractivity contribution in [3.05, 3.63) is 71.4 Å². The standard InChI is InChI=1S/C31H35ClN6O4/c1-31(2,3)42-30(40)34-24(18-20-10-12-22(32)13-11-20)29(39)38-16-14-37(15-17-38)26-23(21-8-6-5-7-9-21)19-33-27-25(26)28(41-4)36-35-27/h5-13,19,24H,14-18H2,1-4H3,(H,34,40)(H,33,35,36)/t24-/m1/s1. The molecule has 0 radical (unpaired) electrons. The summed E-state index contributed by atoms with van der Waals surface area (Å²) in [6, 6.07) is 16.5. The van der Waals surface area contributed by atoms with Crippen LogP contribution in [0.1, 0.15) is 26.3 Å². The van der Waals surface area contributed by atoms with Gasteiger partial charge in [-0.3, -0.25) is 9.89 Å². The molecule has 1 atom stereocenters. The van der Waals surface area contributed by atoms with E-state index in [4.69, 9.17) is 21.1 Å². The molecular weight excluding hydrogens is 556 g/mol. The molecule has 10 nitrogen and oxygen atoms in total. The lowest BCUT2D eigenvalue weighted by Crippen LogP contribution is -2.56. The highest BCUT2D eigenvalue weighted by Crippen LogP contribution is 2.40. The Bertz CT molecular complexity index is 1540. The van der Waals surface area contributed by atoms with Crippen molar-refractivity contribution in [1.82, 2.24) is 25.4 Å². The van der Waals surface area contributed by atoms with Crippen LogP contribution >= 0.6 is 11.6 Å². The van der Waals surface area contributed by atoms with E-state index in [2.05, 4.69) is 25.4 Å². The van der Waals surface area contributed by atoms with E-state index < -0.39 is 17.7 Å². The Kier molecular flexibility index (Phi) is 8.54. The minimum absolute atomic E-state index is 0.167. The highest BCUT2D eigenvalue weighted by atomic mass is 35.5. The van der Waals surface area contributed by atoms with Crippen LogP contribution in [0, 0.1) is 0 Å². The zero-order valence-electron chi connectivity index (χ0n) is 24.2. The van der Waals surface area contributed by atoms with Gasteiger partial charge in [0.2, 0.25) is 11.8 Å². The SMILES string of the molecule is COc1n[nH]c2ncc(-c3ccccc3)c(N3CCN(C(=O)[C@@H](Cc4ccc(Cl)cc4)NC(=O)OC(C)(C)C)CC3)c12. The fraction of sp³-hybridized carbons (Fsp3) is 0.355. The number of amides is 2. The lowest BCUT2D eigenvalue weighted by Gasteiger charge is -2.38. The van der Waals surface area contributed by atoms with Crippen LogP contribution in [0.15, 0.2) is 60.8 Å². The zero-order valence-corrected chi connectivity index (χ0v) is 24.9. The number of carbonyl (C=O) groups is 2. The number of hydrogen-bond acceptors (Lipinski definition) is 7. The molecule has 42 heavy (non-hydrogen) atoms. The lowest BCUT2D eigenvalue weighted by molar-refractivity contribution is -0.133. The number of piperazine rings is 1. The lowest BCUT2D eigenvalue weighted by atomic mass is 10.0. The number of rotatable bonds is 7. The Morgan fingerprint density at radius 1 is 1.05 bits per heavy atom. The molecule has 0 spiro atoms. The van der Waals surface area contributed by atoms with Crippen LogP contribution in [0.25, 0.3) is 22.2 Å². The molecule has 5 rings (SSSR count). The summed E-state index contributed by atoms with van der Waals surface area (Å²) in [6.07, 6.45) is 1.52. The van der Waals surface area contributed by atoms with Crippen molar-refractivity contribution in [3.63, 3.8) is 0 Å². The van der Waals surface area contributed by atoms with Crippen molar-refractivity contribution in [2.75, 3.05) is 38.2 Å². The van der Waals surface area contributed by atoms with Crippen molar-refractivity contribution in [2.24, 2.45) is 0 Å². The summed E-state index contributed by atoms with van der Waals surface area (Å²) in [5, 5.41) is 11.5. The second-order valence-electron chi connectivity index (χ2n) is 11.2. The van der Waals surface area contributed by atoms with E-state index in [1.54, 1.807) is 44.9 Å². The first-order valence-corrected chi connectivity index (χ1v) is 14.2. The van der Waals surface area contributed by atoms with Gasteiger partial charge < -0.3 is 24.6 Å². The Hall–Kier alpha value is -4.31. The third kappa shape index (κ3) is 6.60. The molecule has 3 heterocycles. The molecule has 0 saturated carbocycles. The molecule has 4 aromatic rings. The second-order valence-corrected chi connectivity index (χ2v) is 11.6. The number of carbonyl (C=O) groups excluding carboxylic acids is 2. The number of methoxy groups -OCH3 is 1. The van der Waals surface area contributed by atoms with Gasteiger partial charge in [-0.25, -0.2) is 9.78 Å². The number of anilines is 1. The maximum Gasteiger partial charge on any atom is 0.408 e. The van der Waals surface area contributed by atoms with Crippen LogP contribution < -0.4 is 15.0 Å². The van der Waals surface area contributed by atoms with E-state index in [1.165, 1.54) is 0 Å². The summed E-state index contributed by atoms with van der Waals surface area (Å²) in [5.74, 6) is 0.299. The first-order chi connectivity index (χ1) is 20.1. The number of halogens is 1. The molecule has 1 aliphatic heterocycles. The van der Waals surface area contributed by atoms with Gasteiger partial charge in [-0.2, -0.15) is 0 Å². The highest BCUT2D eigenvalue weighted by molar-refractivity contribution is 6.30. The number of nitrogens with zero attached hydrogens (tertiary/aromatic N) is 4. The van der Waals surface area contributed by atoms with E-state index in [9.17, 15) is 9.59 Å². The van der Waals surface area contributed by atoms with Crippen LogP contribution in [0.3, 0.4) is 0 Å². The quantitative estimate of drug-likeness (QED) is 0.309. The molecule has 0 unspecified atom stereocenters. The Balaban J connectivity index is 1.38. The second kappa shape index (κ2) is 12.3. The molecule has 0 bridgehead atoms. The number of benzene rings is 2. The first kappa shape index (κ1) is 29.2. The number of H-pyrrole nitrogens is 1. The van der Waals surface area contributed by atoms with Crippen LogP contribution in [-0.2, 0) is 16.0 Å². The summed E-state index contributed by atoms with van der Waals surface area (Å²) in [7, 11) is 1.59. The molecule has 220 valence electrons. The molecular formula is C31H35ClN6O4. The summed E-state index contributed by atoms with van der Waals surface area (Å²) in [6.45, 7) is 7.43. The summed E-state index contributed by atoms with van der Waals surface area (Å²) in [4.78, 5) is 35.2. The van der Waals surface area contributed by atoms with E-state index in [0.29, 0.717) is 49.1 Å². The van der Waals surface area contributed by atoms with E-state index >= 15 is 0 Å². The van der Waals surface area contributed by atoms with Gasteiger partial charge in [-0.05, 0) is 44.0 Å². The molecule has 1 fully saturated rings. The average Bonchev–Trinajstić information content (AvgIpc) is 3.40. The maximum absolute atomic E-state index is 13.8. The first-order valence-electron chi connectivity index (χ1n) is 13.9.